The second-order valence-corrected chi connectivity index (χ2v) is 5.45. The Hall–Kier alpha value is -1.53. The first-order chi connectivity index (χ1) is 9.45. The minimum atomic E-state index is -0.391. The van der Waals surface area contributed by atoms with Crippen molar-refractivity contribution in [1.29, 1.82) is 0 Å². The lowest BCUT2D eigenvalue weighted by Crippen LogP contribution is -2.20. The van der Waals surface area contributed by atoms with Gasteiger partial charge in [0, 0.05) is 4.47 Å². The van der Waals surface area contributed by atoms with Crippen molar-refractivity contribution in [1.82, 2.24) is 0 Å². The molecule has 2 rings (SSSR count). The summed E-state index contributed by atoms with van der Waals surface area (Å²) in [5, 5.41) is 5.87. The zero-order valence-corrected chi connectivity index (χ0v) is 12.9. The molecule has 2 N–H and O–H groups in total. The average molecular weight is 357 g/mol. The molecule has 104 valence electrons. The Labute approximate surface area is 129 Å². The zero-order chi connectivity index (χ0) is 14.7. The summed E-state index contributed by atoms with van der Waals surface area (Å²) in [6, 6.07) is 8.87. The standard InChI is InChI=1S/C14H11BrF2N2S/c1-8-2-4-11(17)13(6-8)19-14(20)18-12-5-3-9(16)7-10(12)15/h2-7H,1H3,(H2,18,19,20). The number of benzene rings is 2. The smallest absolute Gasteiger partial charge is 0.175 e. The number of thiocarbonyl (C=S) groups is 1. The molecule has 0 fully saturated rings. The van der Waals surface area contributed by atoms with E-state index in [9.17, 15) is 8.78 Å². The minimum Gasteiger partial charge on any atom is -0.332 e. The van der Waals surface area contributed by atoms with E-state index < -0.39 is 5.82 Å². The molecule has 0 aliphatic heterocycles. The molecule has 0 aliphatic carbocycles. The SMILES string of the molecule is Cc1ccc(F)c(NC(=S)Nc2ccc(F)cc2Br)c1. The summed E-state index contributed by atoms with van der Waals surface area (Å²) in [4.78, 5) is 0. The number of hydrogen-bond acceptors (Lipinski definition) is 1. The fourth-order valence-electron chi connectivity index (χ4n) is 1.60. The molecule has 0 aliphatic rings. The molecule has 0 aromatic heterocycles. The molecule has 0 heterocycles. The summed E-state index contributed by atoms with van der Waals surface area (Å²) in [6.07, 6.45) is 0. The molecule has 0 bridgehead atoms. The second-order valence-electron chi connectivity index (χ2n) is 4.19. The molecule has 0 saturated carbocycles. The van der Waals surface area contributed by atoms with Crippen LogP contribution in [0.3, 0.4) is 0 Å². The minimum absolute atomic E-state index is 0.224. The van der Waals surface area contributed by atoms with E-state index in [1.807, 2.05) is 6.92 Å². The lowest BCUT2D eigenvalue weighted by Gasteiger charge is -2.13. The van der Waals surface area contributed by atoms with Gasteiger partial charge in [-0.05, 0) is 71.0 Å². The van der Waals surface area contributed by atoms with Gasteiger partial charge >= 0.3 is 0 Å². The third kappa shape index (κ3) is 3.74. The quantitative estimate of drug-likeness (QED) is 0.752. The van der Waals surface area contributed by atoms with Crippen LogP contribution < -0.4 is 10.6 Å². The number of aryl methyl sites for hydroxylation is 1. The van der Waals surface area contributed by atoms with Gasteiger partial charge in [-0.25, -0.2) is 8.78 Å². The van der Waals surface area contributed by atoms with E-state index in [0.29, 0.717) is 15.8 Å². The molecular weight excluding hydrogens is 346 g/mol. The van der Waals surface area contributed by atoms with Gasteiger partial charge in [0.05, 0.1) is 11.4 Å². The predicted molar refractivity (Wildman–Crippen MR) is 85.1 cm³/mol. The van der Waals surface area contributed by atoms with Crippen molar-refractivity contribution in [3.05, 3.63) is 58.1 Å². The van der Waals surface area contributed by atoms with E-state index in [0.717, 1.165) is 5.56 Å². The Kier molecular flexibility index (Phi) is 4.67. The molecule has 0 amide bonds. The van der Waals surface area contributed by atoms with Gasteiger partial charge in [-0.2, -0.15) is 0 Å². The van der Waals surface area contributed by atoms with Crippen LogP contribution in [0.5, 0.6) is 0 Å². The Morgan fingerprint density at radius 1 is 1.05 bits per heavy atom. The van der Waals surface area contributed by atoms with Gasteiger partial charge in [0.2, 0.25) is 0 Å². The van der Waals surface area contributed by atoms with Crippen molar-refractivity contribution in [3.63, 3.8) is 0 Å². The topological polar surface area (TPSA) is 24.1 Å². The molecule has 0 saturated heterocycles. The van der Waals surface area contributed by atoms with Crippen LogP contribution in [0.1, 0.15) is 5.56 Å². The number of anilines is 2. The van der Waals surface area contributed by atoms with Gasteiger partial charge in [0.1, 0.15) is 11.6 Å². The second kappa shape index (κ2) is 6.28. The third-order valence-corrected chi connectivity index (χ3v) is 3.41. The maximum atomic E-state index is 13.6. The van der Waals surface area contributed by atoms with Gasteiger partial charge in [0.25, 0.3) is 0 Å². The highest BCUT2D eigenvalue weighted by atomic mass is 79.9. The largest absolute Gasteiger partial charge is 0.332 e. The summed E-state index contributed by atoms with van der Waals surface area (Å²) in [5.74, 6) is -0.746. The first kappa shape index (κ1) is 14.9. The molecule has 2 aromatic rings. The molecule has 0 radical (unpaired) electrons. The van der Waals surface area contributed by atoms with Crippen LogP contribution in [-0.4, -0.2) is 5.11 Å². The van der Waals surface area contributed by atoms with Crippen LogP contribution in [-0.2, 0) is 0 Å². The number of halogens is 3. The van der Waals surface area contributed by atoms with Crippen LogP contribution in [0.15, 0.2) is 40.9 Å². The molecule has 20 heavy (non-hydrogen) atoms. The van der Waals surface area contributed by atoms with E-state index in [2.05, 4.69) is 26.6 Å². The molecule has 0 atom stereocenters. The van der Waals surface area contributed by atoms with Gasteiger partial charge in [0.15, 0.2) is 5.11 Å². The fourth-order valence-corrected chi connectivity index (χ4v) is 2.27. The number of hydrogen-bond donors (Lipinski definition) is 2. The van der Waals surface area contributed by atoms with Gasteiger partial charge in [-0.3, -0.25) is 0 Å². The zero-order valence-electron chi connectivity index (χ0n) is 10.5. The molecule has 2 aromatic carbocycles. The van der Waals surface area contributed by atoms with Crippen LogP contribution in [0.25, 0.3) is 0 Å². The van der Waals surface area contributed by atoms with E-state index in [-0.39, 0.29) is 10.9 Å². The van der Waals surface area contributed by atoms with Crippen molar-refractivity contribution in [3.8, 4) is 0 Å². The van der Waals surface area contributed by atoms with Gasteiger partial charge in [-0.1, -0.05) is 6.07 Å². The van der Waals surface area contributed by atoms with Crippen molar-refractivity contribution in [2.75, 3.05) is 10.6 Å². The summed E-state index contributed by atoms with van der Waals surface area (Å²) in [6.45, 7) is 1.86. The van der Waals surface area contributed by atoms with E-state index in [4.69, 9.17) is 12.2 Å². The first-order valence-electron chi connectivity index (χ1n) is 5.75. The maximum absolute atomic E-state index is 13.6. The molecular formula is C14H11BrF2N2S. The Morgan fingerprint density at radius 2 is 1.75 bits per heavy atom. The maximum Gasteiger partial charge on any atom is 0.175 e. The molecule has 2 nitrogen and oxygen atoms in total. The number of nitrogens with one attached hydrogen (secondary N) is 2. The van der Waals surface area contributed by atoms with Gasteiger partial charge < -0.3 is 10.6 Å². The molecule has 0 unspecified atom stereocenters. The van der Waals surface area contributed by atoms with Crippen LogP contribution >= 0.6 is 28.1 Å². The Bertz CT molecular complexity index is 662. The van der Waals surface area contributed by atoms with Crippen LogP contribution in [0, 0.1) is 18.6 Å². The van der Waals surface area contributed by atoms with Crippen molar-refractivity contribution >= 4 is 44.6 Å². The van der Waals surface area contributed by atoms with E-state index in [1.165, 1.54) is 18.2 Å². The summed E-state index contributed by atoms with van der Waals surface area (Å²) >= 11 is 8.33. The Morgan fingerprint density at radius 3 is 2.45 bits per heavy atom. The first-order valence-corrected chi connectivity index (χ1v) is 6.95. The molecule has 0 spiro atoms. The fraction of sp³-hybridized carbons (Fsp3) is 0.0714. The van der Waals surface area contributed by atoms with E-state index >= 15 is 0 Å². The summed E-state index contributed by atoms with van der Waals surface area (Å²) in [7, 11) is 0. The summed E-state index contributed by atoms with van der Waals surface area (Å²) in [5.41, 5.74) is 1.80. The lowest BCUT2D eigenvalue weighted by molar-refractivity contribution is 0.627. The average Bonchev–Trinajstić information content (AvgIpc) is 2.37. The highest BCUT2D eigenvalue weighted by Crippen LogP contribution is 2.23. The normalized spacial score (nSPS) is 10.2. The summed E-state index contributed by atoms with van der Waals surface area (Å²) < 4.78 is 27.1. The van der Waals surface area contributed by atoms with Crippen molar-refractivity contribution in [2.45, 2.75) is 6.92 Å². The highest BCUT2D eigenvalue weighted by molar-refractivity contribution is 9.10. The molecule has 6 heteroatoms. The van der Waals surface area contributed by atoms with Gasteiger partial charge in [-0.15, -0.1) is 0 Å². The van der Waals surface area contributed by atoms with Crippen molar-refractivity contribution < 1.29 is 8.78 Å². The highest BCUT2D eigenvalue weighted by Gasteiger charge is 2.07. The monoisotopic (exact) mass is 356 g/mol. The Balaban J connectivity index is 2.11. The third-order valence-electron chi connectivity index (χ3n) is 2.55. The van der Waals surface area contributed by atoms with Crippen LogP contribution in [0.2, 0.25) is 0 Å². The van der Waals surface area contributed by atoms with E-state index in [1.54, 1.807) is 18.2 Å². The van der Waals surface area contributed by atoms with Crippen LogP contribution in [0.4, 0.5) is 20.2 Å². The predicted octanol–water partition coefficient (Wildman–Crippen LogP) is 4.84. The lowest BCUT2D eigenvalue weighted by atomic mass is 10.2. The number of rotatable bonds is 2. The van der Waals surface area contributed by atoms with Crippen molar-refractivity contribution in [2.24, 2.45) is 0 Å².